The first kappa shape index (κ1) is 13.4. The Morgan fingerprint density at radius 1 is 1.17 bits per heavy atom. The van der Waals surface area contributed by atoms with Crippen molar-refractivity contribution in [3.63, 3.8) is 0 Å². The summed E-state index contributed by atoms with van der Waals surface area (Å²) in [6.45, 7) is 2.16. The number of aryl methyl sites for hydroxylation is 1. The van der Waals surface area contributed by atoms with E-state index in [0.29, 0.717) is 5.56 Å². The van der Waals surface area contributed by atoms with Crippen molar-refractivity contribution >= 4 is 34.4 Å². The van der Waals surface area contributed by atoms with Crippen LogP contribution in [0.3, 0.4) is 0 Å². The number of halogens is 1. The largest absolute Gasteiger partial charge is 0.192 e. The molecule has 0 aliphatic rings. The molecule has 2 rings (SSSR count). The molecule has 0 amide bonds. The molecule has 0 aliphatic heterocycles. The van der Waals surface area contributed by atoms with Gasteiger partial charge < -0.3 is 0 Å². The van der Waals surface area contributed by atoms with Crippen molar-refractivity contribution in [3.05, 3.63) is 57.2 Å². The lowest BCUT2D eigenvalue weighted by molar-refractivity contribution is 1.13. The van der Waals surface area contributed by atoms with Crippen LogP contribution in [-0.2, 0) is 6.42 Å². The zero-order valence-electron chi connectivity index (χ0n) is 9.98. The zero-order chi connectivity index (χ0) is 13.0. The van der Waals surface area contributed by atoms with E-state index in [-0.39, 0.29) is 0 Å². The molecule has 0 unspecified atom stereocenters. The lowest BCUT2D eigenvalue weighted by Crippen LogP contribution is -1.83. The van der Waals surface area contributed by atoms with E-state index in [2.05, 4.69) is 59.8 Å². The second kappa shape index (κ2) is 6.26. The molecule has 0 atom stereocenters. The van der Waals surface area contributed by atoms with E-state index in [1.54, 1.807) is 11.8 Å². The fraction of sp³-hybridized carbons (Fsp3) is 0.133. The van der Waals surface area contributed by atoms with Gasteiger partial charge in [0.25, 0.3) is 0 Å². The van der Waals surface area contributed by atoms with E-state index >= 15 is 0 Å². The number of nitrogens with zero attached hydrogens (tertiary/aromatic N) is 1. The predicted molar refractivity (Wildman–Crippen MR) is 83.8 cm³/mol. The van der Waals surface area contributed by atoms with Crippen LogP contribution in [0.4, 0.5) is 0 Å². The highest BCUT2D eigenvalue weighted by Gasteiger charge is 2.03. The third-order valence-corrected chi connectivity index (χ3v) is 4.96. The van der Waals surface area contributed by atoms with Crippen LogP contribution >= 0.6 is 34.4 Å². The first-order valence-electron chi connectivity index (χ1n) is 5.69. The standard InChI is InChI=1S/C15H12INS/c1-2-11-3-6-13(7-4-11)18-15-8-5-12(10-17)9-14(15)16/h3-9H,2H2,1H3. The van der Waals surface area contributed by atoms with Gasteiger partial charge in [0.15, 0.2) is 0 Å². The molecule has 3 heteroatoms. The Hall–Kier alpha value is -0.990. The Morgan fingerprint density at radius 3 is 2.44 bits per heavy atom. The fourth-order valence-corrected chi connectivity index (χ4v) is 3.24. The molecule has 0 spiro atoms. The van der Waals surface area contributed by atoms with Gasteiger partial charge in [-0.05, 0) is 64.9 Å². The van der Waals surface area contributed by atoms with Crippen LogP contribution in [0.2, 0.25) is 0 Å². The van der Waals surface area contributed by atoms with E-state index in [0.717, 1.165) is 9.99 Å². The molecule has 0 saturated heterocycles. The summed E-state index contributed by atoms with van der Waals surface area (Å²) in [7, 11) is 0. The molecule has 0 aromatic heterocycles. The van der Waals surface area contributed by atoms with E-state index in [4.69, 9.17) is 5.26 Å². The van der Waals surface area contributed by atoms with Gasteiger partial charge in [-0.3, -0.25) is 0 Å². The Kier molecular flexibility index (Phi) is 4.67. The van der Waals surface area contributed by atoms with Gasteiger partial charge in [-0.25, -0.2) is 0 Å². The maximum absolute atomic E-state index is 8.84. The van der Waals surface area contributed by atoms with Crippen molar-refractivity contribution in [2.45, 2.75) is 23.1 Å². The average molecular weight is 365 g/mol. The summed E-state index contributed by atoms with van der Waals surface area (Å²) in [4.78, 5) is 2.42. The molecule has 0 aliphatic carbocycles. The first-order valence-corrected chi connectivity index (χ1v) is 7.59. The molecule has 0 radical (unpaired) electrons. The number of hydrogen-bond donors (Lipinski definition) is 0. The van der Waals surface area contributed by atoms with Crippen molar-refractivity contribution in [1.29, 1.82) is 5.26 Å². The maximum Gasteiger partial charge on any atom is 0.0991 e. The van der Waals surface area contributed by atoms with Gasteiger partial charge >= 0.3 is 0 Å². The van der Waals surface area contributed by atoms with E-state index in [1.807, 2.05) is 18.2 Å². The predicted octanol–water partition coefficient (Wildman–Crippen LogP) is 4.88. The minimum absolute atomic E-state index is 0.713. The highest BCUT2D eigenvalue weighted by atomic mass is 127. The van der Waals surface area contributed by atoms with Gasteiger partial charge in [-0.15, -0.1) is 0 Å². The van der Waals surface area contributed by atoms with Crippen LogP contribution in [0.25, 0.3) is 0 Å². The molecule has 0 saturated carbocycles. The highest BCUT2D eigenvalue weighted by molar-refractivity contribution is 14.1. The van der Waals surface area contributed by atoms with E-state index in [9.17, 15) is 0 Å². The van der Waals surface area contributed by atoms with Crippen molar-refractivity contribution in [2.75, 3.05) is 0 Å². The van der Waals surface area contributed by atoms with Crippen LogP contribution in [-0.4, -0.2) is 0 Å². The van der Waals surface area contributed by atoms with Crippen molar-refractivity contribution in [1.82, 2.24) is 0 Å². The lowest BCUT2D eigenvalue weighted by atomic mass is 10.2. The summed E-state index contributed by atoms with van der Waals surface area (Å²) < 4.78 is 1.12. The summed E-state index contributed by atoms with van der Waals surface area (Å²) in [5.74, 6) is 0. The zero-order valence-corrected chi connectivity index (χ0v) is 13.0. The lowest BCUT2D eigenvalue weighted by Gasteiger charge is -2.05. The number of nitriles is 1. The van der Waals surface area contributed by atoms with Gasteiger partial charge in [-0.1, -0.05) is 30.8 Å². The smallest absolute Gasteiger partial charge is 0.0991 e. The molecule has 2 aromatic carbocycles. The molecule has 0 heterocycles. The molecule has 90 valence electrons. The minimum atomic E-state index is 0.713. The number of benzene rings is 2. The van der Waals surface area contributed by atoms with Crippen molar-refractivity contribution in [2.24, 2.45) is 0 Å². The molecule has 1 nitrogen and oxygen atoms in total. The van der Waals surface area contributed by atoms with Crippen LogP contribution in [0.15, 0.2) is 52.3 Å². The summed E-state index contributed by atoms with van der Waals surface area (Å²) >= 11 is 4.01. The van der Waals surface area contributed by atoms with Crippen molar-refractivity contribution < 1.29 is 0 Å². The minimum Gasteiger partial charge on any atom is -0.192 e. The Balaban J connectivity index is 2.20. The second-order valence-corrected chi connectivity index (χ2v) is 6.13. The normalized spacial score (nSPS) is 10.1. The quantitative estimate of drug-likeness (QED) is 0.724. The Morgan fingerprint density at radius 2 is 1.89 bits per heavy atom. The van der Waals surface area contributed by atoms with Gasteiger partial charge in [-0.2, -0.15) is 5.26 Å². The van der Waals surface area contributed by atoms with Crippen LogP contribution < -0.4 is 0 Å². The van der Waals surface area contributed by atoms with E-state index in [1.165, 1.54) is 15.4 Å². The second-order valence-electron chi connectivity index (χ2n) is 3.86. The SMILES string of the molecule is CCc1ccc(Sc2ccc(C#N)cc2I)cc1. The van der Waals surface area contributed by atoms with Crippen molar-refractivity contribution in [3.8, 4) is 6.07 Å². The van der Waals surface area contributed by atoms with Crippen LogP contribution in [0.1, 0.15) is 18.1 Å². The molecule has 0 bridgehead atoms. The van der Waals surface area contributed by atoms with Crippen LogP contribution in [0, 0.1) is 14.9 Å². The monoisotopic (exact) mass is 365 g/mol. The first-order chi connectivity index (χ1) is 8.72. The molecule has 2 aromatic rings. The van der Waals surface area contributed by atoms with Gasteiger partial charge in [0, 0.05) is 13.4 Å². The van der Waals surface area contributed by atoms with Gasteiger partial charge in [0.2, 0.25) is 0 Å². The summed E-state index contributed by atoms with van der Waals surface area (Å²) in [6, 6.07) is 16.6. The maximum atomic E-state index is 8.84. The third kappa shape index (κ3) is 3.27. The van der Waals surface area contributed by atoms with Crippen LogP contribution in [0.5, 0.6) is 0 Å². The topological polar surface area (TPSA) is 23.8 Å². The Bertz CT molecular complexity index is 584. The van der Waals surface area contributed by atoms with E-state index < -0.39 is 0 Å². The third-order valence-electron chi connectivity index (χ3n) is 2.62. The highest BCUT2D eigenvalue weighted by Crippen LogP contribution is 2.31. The average Bonchev–Trinajstić information content (AvgIpc) is 2.42. The number of rotatable bonds is 3. The van der Waals surface area contributed by atoms with Gasteiger partial charge in [0.1, 0.15) is 0 Å². The van der Waals surface area contributed by atoms with Gasteiger partial charge in [0.05, 0.1) is 11.6 Å². The molecular weight excluding hydrogens is 353 g/mol. The fourth-order valence-electron chi connectivity index (χ4n) is 1.57. The Labute approximate surface area is 125 Å². The molecule has 0 fully saturated rings. The number of hydrogen-bond acceptors (Lipinski definition) is 2. The summed E-state index contributed by atoms with van der Waals surface area (Å²) in [5.41, 5.74) is 2.07. The molecule has 18 heavy (non-hydrogen) atoms. The molecular formula is C15H12INS. The summed E-state index contributed by atoms with van der Waals surface area (Å²) in [5, 5.41) is 8.84. The molecule has 0 N–H and O–H groups in total. The summed E-state index contributed by atoms with van der Waals surface area (Å²) in [6.07, 6.45) is 1.07.